The number of methoxy groups -OCH3 is 1. The topological polar surface area (TPSA) is 83.1 Å². The fourth-order valence-corrected chi connectivity index (χ4v) is 7.46. The zero-order valence-electron chi connectivity index (χ0n) is 22.1. The first-order chi connectivity index (χ1) is 19.8. The van der Waals surface area contributed by atoms with Crippen LogP contribution in [0.2, 0.25) is 5.02 Å². The molecule has 1 saturated heterocycles. The van der Waals surface area contributed by atoms with Gasteiger partial charge in [-0.15, -0.1) is 0 Å². The van der Waals surface area contributed by atoms with Crippen molar-refractivity contribution in [2.24, 2.45) is 0 Å². The molecule has 11 heteroatoms. The van der Waals surface area contributed by atoms with Gasteiger partial charge in [-0.25, -0.2) is 17.1 Å². The molecule has 1 amide bonds. The lowest BCUT2D eigenvalue weighted by Gasteiger charge is -2.46. The predicted molar refractivity (Wildman–Crippen MR) is 154 cm³/mol. The van der Waals surface area contributed by atoms with E-state index in [1.165, 1.54) is 7.11 Å². The summed E-state index contributed by atoms with van der Waals surface area (Å²) in [4.78, 5) is 23.0. The Morgan fingerprint density at radius 1 is 0.902 bits per heavy atom. The summed E-state index contributed by atoms with van der Waals surface area (Å²) < 4.78 is 48.4. The van der Waals surface area contributed by atoms with Crippen LogP contribution in [0.15, 0.2) is 96.2 Å². The number of carbonyl (C=O) groups is 1. The highest BCUT2D eigenvalue weighted by Crippen LogP contribution is 2.53. The number of aromatic nitrogens is 1. The maximum Gasteiger partial charge on any atom is 0.271 e. The fourth-order valence-electron chi connectivity index (χ4n) is 5.83. The van der Waals surface area contributed by atoms with Crippen molar-refractivity contribution in [3.63, 3.8) is 0 Å². The van der Waals surface area contributed by atoms with Gasteiger partial charge in [-0.1, -0.05) is 29.8 Å². The summed E-state index contributed by atoms with van der Waals surface area (Å²) >= 11 is 6.51. The summed E-state index contributed by atoms with van der Waals surface area (Å²) in [6, 6.07) is 20.2. The SMILES string of the molecule is COc1ccccc1C1(N2CCN(c3ccncc3)CC2)C(=O)N(S(=O)(=O)c2ccc(F)cc2)c2ccc(Cl)cc21. The van der Waals surface area contributed by atoms with Gasteiger partial charge in [0.1, 0.15) is 11.6 Å². The first kappa shape index (κ1) is 27.2. The number of nitrogens with zero attached hydrogens (tertiary/aromatic N) is 4. The fraction of sp³-hybridized carbons (Fsp3) is 0.200. The first-order valence-electron chi connectivity index (χ1n) is 13.0. The van der Waals surface area contributed by atoms with Gasteiger partial charge >= 0.3 is 0 Å². The van der Waals surface area contributed by atoms with E-state index in [9.17, 15) is 17.6 Å². The molecule has 8 nitrogen and oxygen atoms in total. The van der Waals surface area contributed by atoms with E-state index in [-0.39, 0.29) is 10.6 Å². The van der Waals surface area contributed by atoms with Crippen molar-refractivity contribution >= 4 is 38.9 Å². The van der Waals surface area contributed by atoms with Crippen LogP contribution in [0.5, 0.6) is 5.75 Å². The summed E-state index contributed by atoms with van der Waals surface area (Å²) in [6.45, 7) is 2.02. The number of rotatable bonds is 6. The minimum Gasteiger partial charge on any atom is -0.496 e. The number of hydrogen-bond acceptors (Lipinski definition) is 7. The molecule has 2 aliphatic rings. The van der Waals surface area contributed by atoms with Gasteiger partial charge in [-0.2, -0.15) is 0 Å². The van der Waals surface area contributed by atoms with Crippen molar-refractivity contribution in [3.05, 3.63) is 113 Å². The van der Waals surface area contributed by atoms with E-state index in [1.807, 2.05) is 17.0 Å². The number of benzene rings is 3. The number of pyridine rings is 1. The van der Waals surface area contributed by atoms with Crippen LogP contribution in [0.4, 0.5) is 15.8 Å². The van der Waals surface area contributed by atoms with Gasteiger partial charge in [0, 0.05) is 60.4 Å². The molecule has 0 N–H and O–H groups in total. The molecule has 0 aliphatic carbocycles. The van der Waals surface area contributed by atoms with Crippen LogP contribution >= 0.6 is 11.6 Å². The van der Waals surface area contributed by atoms with Gasteiger partial charge in [0.05, 0.1) is 17.7 Å². The van der Waals surface area contributed by atoms with E-state index in [2.05, 4.69) is 9.88 Å². The monoisotopic (exact) mass is 592 g/mol. The van der Waals surface area contributed by atoms with Crippen molar-refractivity contribution < 1.29 is 22.3 Å². The summed E-state index contributed by atoms with van der Waals surface area (Å²) in [6.07, 6.45) is 3.46. The number of anilines is 2. The Kier molecular flexibility index (Phi) is 6.93. The zero-order chi connectivity index (χ0) is 28.8. The second kappa shape index (κ2) is 10.4. The van der Waals surface area contributed by atoms with Crippen LogP contribution in [0.25, 0.3) is 0 Å². The molecule has 41 heavy (non-hydrogen) atoms. The summed E-state index contributed by atoms with van der Waals surface area (Å²) in [5, 5.41) is 0.354. The Morgan fingerprint density at radius 3 is 2.27 bits per heavy atom. The predicted octanol–water partition coefficient (Wildman–Crippen LogP) is 4.68. The van der Waals surface area contributed by atoms with Gasteiger partial charge in [-0.05, 0) is 60.7 Å². The number of amides is 1. The number of fused-ring (bicyclic) bond motifs is 1. The van der Waals surface area contributed by atoms with Gasteiger partial charge in [0.15, 0.2) is 5.54 Å². The quantitative estimate of drug-likeness (QED) is 0.321. The molecule has 1 fully saturated rings. The van der Waals surface area contributed by atoms with Crippen LogP contribution in [0.3, 0.4) is 0 Å². The third-order valence-electron chi connectivity index (χ3n) is 7.69. The highest BCUT2D eigenvalue weighted by atomic mass is 35.5. The average molecular weight is 593 g/mol. The lowest BCUT2D eigenvalue weighted by atomic mass is 9.81. The zero-order valence-corrected chi connectivity index (χ0v) is 23.6. The molecule has 1 atom stereocenters. The van der Waals surface area contributed by atoms with Crippen LogP contribution in [0.1, 0.15) is 11.1 Å². The van der Waals surface area contributed by atoms with E-state index in [4.69, 9.17) is 16.3 Å². The molecule has 3 heterocycles. The summed E-state index contributed by atoms with van der Waals surface area (Å²) in [5.74, 6) is -0.829. The molecule has 0 radical (unpaired) electrons. The Morgan fingerprint density at radius 2 is 1.59 bits per heavy atom. The number of halogens is 2. The van der Waals surface area contributed by atoms with Gasteiger partial charge in [0.2, 0.25) is 0 Å². The summed E-state index contributed by atoms with van der Waals surface area (Å²) in [7, 11) is -2.92. The van der Waals surface area contributed by atoms with Crippen molar-refractivity contribution in [2.75, 3.05) is 42.5 Å². The molecule has 1 unspecified atom stereocenters. The summed E-state index contributed by atoms with van der Waals surface area (Å²) in [5.41, 5.74) is 0.566. The Bertz CT molecular complexity index is 1710. The van der Waals surface area contributed by atoms with Crippen LogP contribution in [-0.2, 0) is 20.4 Å². The number of hydrogen-bond donors (Lipinski definition) is 0. The smallest absolute Gasteiger partial charge is 0.271 e. The van der Waals surface area contributed by atoms with E-state index in [0.717, 1.165) is 34.3 Å². The van der Waals surface area contributed by atoms with Gasteiger partial charge in [-0.3, -0.25) is 14.7 Å². The molecule has 210 valence electrons. The third-order valence-corrected chi connectivity index (χ3v) is 9.64. The van der Waals surface area contributed by atoms with Crippen molar-refractivity contribution in [1.82, 2.24) is 9.88 Å². The highest BCUT2D eigenvalue weighted by molar-refractivity contribution is 7.93. The highest BCUT2D eigenvalue weighted by Gasteiger charge is 2.60. The molecule has 4 aromatic rings. The number of carbonyl (C=O) groups excluding carboxylic acids is 1. The second-order valence-corrected chi connectivity index (χ2v) is 12.0. The number of piperazine rings is 1. The van der Waals surface area contributed by atoms with Crippen LogP contribution in [-0.4, -0.2) is 57.5 Å². The Balaban J connectivity index is 1.55. The second-order valence-electron chi connectivity index (χ2n) is 9.78. The van der Waals surface area contributed by atoms with Gasteiger partial charge < -0.3 is 9.64 Å². The van der Waals surface area contributed by atoms with E-state index in [0.29, 0.717) is 48.1 Å². The Hall–Kier alpha value is -3.99. The van der Waals surface area contributed by atoms with Crippen molar-refractivity contribution in [1.29, 1.82) is 0 Å². The molecule has 6 rings (SSSR count). The molecule has 1 aromatic heterocycles. The van der Waals surface area contributed by atoms with Crippen molar-refractivity contribution in [2.45, 2.75) is 10.4 Å². The van der Waals surface area contributed by atoms with E-state index < -0.39 is 27.3 Å². The molecular weight excluding hydrogens is 567 g/mol. The van der Waals surface area contributed by atoms with Crippen molar-refractivity contribution in [3.8, 4) is 5.75 Å². The number of ether oxygens (including phenoxy) is 1. The standard InChI is InChI=1S/C30H26ClFN4O4S/c1-40-28-5-3-2-4-25(28)30(35-18-16-34(17-19-35)23-12-14-33-15-13-23)26-20-21(31)6-11-27(26)36(29(30)37)41(38,39)24-9-7-22(32)8-10-24/h2-15,20H,16-19H2,1H3. The number of sulfonamides is 1. The molecule has 0 spiro atoms. The lowest BCUT2D eigenvalue weighted by Crippen LogP contribution is -2.60. The largest absolute Gasteiger partial charge is 0.496 e. The maximum atomic E-state index is 14.9. The third kappa shape index (κ3) is 4.34. The average Bonchev–Trinajstić information content (AvgIpc) is 3.26. The molecule has 0 saturated carbocycles. The first-order valence-corrected chi connectivity index (χ1v) is 14.8. The van der Waals surface area contributed by atoms with Crippen LogP contribution < -0.4 is 13.9 Å². The van der Waals surface area contributed by atoms with Crippen LogP contribution in [0, 0.1) is 5.82 Å². The van der Waals surface area contributed by atoms with Gasteiger partial charge in [0.25, 0.3) is 15.9 Å². The minimum atomic E-state index is -4.43. The Labute approximate surface area is 242 Å². The lowest BCUT2D eigenvalue weighted by molar-refractivity contribution is -0.127. The van der Waals surface area contributed by atoms with E-state index >= 15 is 0 Å². The maximum absolute atomic E-state index is 14.9. The molecule has 0 bridgehead atoms. The normalized spacial score (nSPS) is 19.3. The minimum absolute atomic E-state index is 0.186. The molecule has 3 aromatic carbocycles. The molecular formula is C30H26ClFN4O4S. The number of para-hydroxylation sites is 1. The molecule has 2 aliphatic heterocycles. The van der Waals surface area contributed by atoms with E-state index in [1.54, 1.807) is 54.9 Å².